The Labute approximate surface area is 121 Å². The van der Waals surface area contributed by atoms with Gasteiger partial charge in [-0.25, -0.2) is 0 Å². The molecule has 0 radical (unpaired) electrons. The van der Waals surface area contributed by atoms with E-state index in [4.69, 9.17) is 0 Å². The van der Waals surface area contributed by atoms with Gasteiger partial charge in [0.15, 0.2) is 0 Å². The maximum Gasteiger partial charge on any atom is 0.237 e. The fraction of sp³-hybridized carbons (Fsp3) is 0.562. The highest BCUT2D eigenvalue weighted by Gasteiger charge is 2.20. The first-order valence-electron chi connectivity index (χ1n) is 7.39. The lowest BCUT2D eigenvalue weighted by atomic mass is 10.0. The Morgan fingerprint density at radius 3 is 2.70 bits per heavy atom. The van der Waals surface area contributed by atoms with Crippen LogP contribution in [-0.2, 0) is 17.9 Å². The van der Waals surface area contributed by atoms with Gasteiger partial charge in [-0.1, -0.05) is 30.7 Å². The Bertz CT molecular complexity index is 439. The molecule has 1 heterocycles. The number of piperidine rings is 1. The zero-order valence-corrected chi connectivity index (χ0v) is 12.5. The summed E-state index contributed by atoms with van der Waals surface area (Å²) in [5, 5.41) is 6.34. The molecule has 2 rings (SSSR count). The Morgan fingerprint density at radius 1 is 1.30 bits per heavy atom. The second-order valence-corrected chi connectivity index (χ2v) is 5.73. The van der Waals surface area contributed by atoms with Gasteiger partial charge in [0, 0.05) is 13.1 Å². The standard InChI is InChI=1S/C16H25N3O/c1-19(2)12-14-8-4-3-7-13(14)11-18-16(20)15-9-5-6-10-17-15/h3-4,7-8,15,17H,5-6,9-12H2,1-2H3,(H,18,20). The maximum absolute atomic E-state index is 12.1. The van der Waals surface area contributed by atoms with Crippen molar-refractivity contribution in [1.29, 1.82) is 0 Å². The molecular formula is C16H25N3O. The predicted molar refractivity (Wildman–Crippen MR) is 81.3 cm³/mol. The Balaban J connectivity index is 1.91. The molecule has 20 heavy (non-hydrogen) atoms. The SMILES string of the molecule is CN(C)Cc1ccccc1CNC(=O)C1CCCCN1. The van der Waals surface area contributed by atoms with E-state index in [2.05, 4.69) is 41.8 Å². The predicted octanol–water partition coefficient (Wildman–Crippen LogP) is 1.51. The van der Waals surface area contributed by atoms with Crippen molar-refractivity contribution >= 4 is 5.91 Å². The fourth-order valence-corrected chi connectivity index (χ4v) is 2.61. The number of hydrogen-bond donors (Lipinski definition) is 2. The van der Waals surface area contributed by atoms with E-state index in [1.807, 2.05) is 12.1 Å². The second-order valence-electron chi connectivity index (χ2n) is 5.73. The number of amides is 1. The Hall–Kier alpha value is -1.39. The molecule has 0 spiro atoms. The first-order chi connectivity index (χ1) is 9.66. The lowest BCUT2D eigenvalue weighted by Crippen LogP contribution is -2.46. The van der Waals surface area contributed by atoms with E-state index in [0.29, 0.717) is 6.54 Å². The molecule has 0 aliphatic carbocycles. The van der Waals surface area contributed by atoms with Crippen LogP contribution in [0.4, 0.5) is 0 Å². The third-order valence-corrected chi connectivity index (χ3v) is 3.68. The molecule has 1 aromatic carbocycles. The first kappa shape index (κ1) is 15.0. The van der Waals surface area contributed by atoms with Gasteiger partial charge in [0.05, 0.1) is 6.04 Å². The van der Waals surface area contributed by atoms with Gasteiger partial charge in [0.25, 0.3) is 0 Å². The lowest BCUT2D eigenvalue weighted by molar-refractivity contribution is -0.123. The van der Waals surface area contributed by atoms with Gasteiger partial charge in [-0.15, -0.1) is 0 Å². The van der Waals surface area contributed by atoms with Gasteiger partial charge in [0.1, 0.15) is 0 Å². The van der Waals surface area contributed by atoms with Gasteiger partial charge in [-0.2, -0.15) is 0 Å². The Morgan fingerprint density at radius 2 is 2.05 bits per heavy atom. The highest BCUT2D eigenvalue weighted by Crippen LogP contribution is 2.11. The number of hydrogen-bond acceptors (Lipinski definition) is 3. The van der Waals surface area contributed by atoms with E-state index in [0.717, 1.165) is 25.9 Å². The van der Waals surface area contributed by atoms with E-state index < -0.39 is 0 Å². The molecular weight excluding hydrogens is 250 g/mol. The van der Waals surface area contributed by atoms with E-state index >= 15 is 0 Å². The summed E-state index contributed by atoms with van der Waals surface area (Å²) in [5.74, 6) is 0.129. The highest BCUT2D eigenvalue weighted by atomic mass is 16.2. The molecule has 110 valence electrons. The normalized spacial score (nSPS) is 19.1. The maximum atomic E-state index is 12.1. The Kier molecular flexibility index (Phi) is 5.56. The van der Waals surface area contributed by atoms with Crippen molar-refractivity contribution in [2.45, 2.75) is 38.4 Å². The van der Waals surface area contributed by atoms with Crippen LogP contribution in [0.5, 0.6) is 0 Å². The van der Waals surface area contributed by atoms with E-state index in [1.165, 1.54) is 17.5 Å². The summed E-state index contributed by atoms with van der Waals surface area (Å²) in [6, 6.07) is 8.28. The molecule has 1 saturated heterocycles. The van der Waals surface area contributed by atoms with Crippen LogP contribution in [0.2, 0.25) is 0 Å². The molecule has 4 nitrogen and oxygen atoms in total. The number of carbonyl (C=O) groups excluding carboxylic acids is 1. The first-order valence-corrected chi connectivity index (χ1v) is 7.39. The van der Waals surface area contributed by atoms with Gasteiger partial charge < -0.3 is 15.5 Å². The molecule has 2 N–H and O–H groups in total. The van der Waals surface area contributed by atoms with E-state index in [-0.39, 0.29) is 11.9 Å². The van der Waals surface area contributed by atoms with Crippen LogP contribution in [0.3, 0.4) is 0 Å². The average molecular weight is 275 g/mol. The summed E-state index contributed by atoms with van der Waals surface area (Å²) >= 11 is 0. The van der Waals surface area contributed by atoms with Crippen molar-refractivity contribution < 1.29 is 4.79 Å². The second kappa shape index (κ2) is 7.41. The summed E-state index contributed by atoms with van der Waals surface area (Å²) in [7, 11) is 4.11. The zero-order chi connectivity index (χ0) is 14.4. The summed E-state index contributed by atoms with van der Waals surface area (Å²) < 4.78 is 0. The molecule has 1 aliphatic rings. The number of rotatable bonds is 5. The van der Waals surface area contributed by atoms with Crippen LogP contribution in [0.25, 0.3) is 0 Å². The van der Waals surface area contributed by atoms with Gasteiger partial charge in [-0.3, -0.25) is 4.79 Å². The molecule has 1 amide bonds. The molecule has 1 aromatic rings. The van der Waals surface area contributed by atoms with Gasteiger partial charge >= 0.3 is 0 Å². The zero-order valence-electron chi connectivity index (χ0n) is 12.5. The van der Waals surface area contributed by atoms with Gasteiger partial charge in [0.2, 0.25) is 5.91 Å². The summed E-state index contributed by atoms with van der Waals surface area (Å²) in [6.07, 6.45) is 3.27. The molecule has 1 aliphatic heterocycles. The van der Waals surface area contributed by atoms with Crippen molar-refractivity contribution in [3.8, 4) is 0 Å². The van der Waals surface area contributed by atoms with Crippen LogP contribution >= 0.6 is 0 Å². The molecule has 1 unspecified atom stereocenters. The lowest BCUT2D eigenvalue weighted by Gasteiger charge is -2.23. The van der Waals surface area contributed by atoms with Crippen molar-refractivity contribution in [1.82, 2.24) is 15.5 Å². The van der Waals surface area contributed by atoms with Crippen LogP contribution in [0.15, 0.2) is 24.3 Å². The minimum Gasteiger partial charge on any atom is -0.351 e. The van der Waals surface area contributed by atoms with E-state index in [9.17, 15) is 4.79 Å². The average Bonchev–Trinajstić information content (AvgIpc) is 2.46. The summed E-state index contributed by atoms with van der Waals surface area (Å²) in [6.45, 7) is 2.46. The molecule has 1 fully saturated rings. The fourth-order valence-electron chi connectivity index (χ4n) is 2.61. The number of nitrogens with zero attached hydrogens (tertiary/aromatic N) is 1. The van der Waals surface area contributed by atoms with Crippen molar-refractivity contribution in [2.24, 2.45) is 0 Å². The summed E-state index contributed by atoms with van der Waals surface area (Å²) in [4.78, 5) is 14.3. The molecule has 1 atom stereocenters. The monoisotopic (exact) mass is 275 g/mol. The quantitative estimate of drug-likeness (QED) is 0.856. The minimum absolute atomic E-state index is 0.00948. The van der Waals surface area contributed by atoms with Crippen molar-refractivity contribution in [3.63, 3.8) is 0 Å². The van der Waals surface area contributed by atoms with Gasteiger partial charge in [-0.05, 0) is 44.6 Å². The molecule has 0 aromatic heterocycles. The number of benzene rings is 1. The topological polar surface area (TPSA) is 44.4 Å². The third-order valence-electron chi connectivity index (χ3n) is 3.68. The van der Waals surface area contributed by atoms with Crippen molar-refractivity contribution in [2.75, 3.05) is 20.6 Å². The van der Waals surface area contributed by atoms with Crippen LogP contribution in [-0.4, -0.2) is 37.5 Å². The van der Waals surface area contributed by atoms with E-state index in [1.54, 1.807) is 0 Å². The third kappa shape index (κ3) is 4.32. The van der Waals surface area contributed by atoms with Crippen LogP contribution < -0.4 is 10.6 Å². The molecule has 0 bridgehead atoms. The minimum atomic E-state index is -0.00948. The number of nitrogens with one attached hydrogen (secondary N) is 2. The van der Waals surface area contributed by atoms with Crippen LogP contribution in [0, 0.1) is 0 Å². The highest BCUT2D eigenvalue weighted by molar-refractivity contribution is 5.81. The molecule has 4 heteroatoms. The van der Waals surface area contributed by atoms with Crippen LogP contribution in [0.1, 0.15) is 30.4 Å². The largest absolute Gasteiger partial charge is 0.351 e. The molecule has 0 saturated carbocycles. The van der Waals surface area contributed by atoms with Crippen molar-refractivity contribution in [3.05, 3.63) is 35.4 Å². The number of carbonyl (C=O) groups is 1. The smallest absolute Gasteiger partial charge is 0.237 e. The summed E-state index contributed by atoms with van der Waals surface area (Å²) in [5.41, 5.74) is 2.47.